The zero-order chi connectivity index (χ0) is 17.8. The number of fused-ring (bicyclic) bond motifs is 2. The maximum Gasteiger partial charge on any atom is 0.241 e. The molecular weight excluding hydrogens is 342 g/mol. The van der Waals surface area contributed by atoms with E-state index >= 15 is 0 Å². The van der Waals surface area contributed by atoms with Gasteiger partial charge in [-0.25, -0.2) is 5.43 Å². The highest BCUT2D eigenvalue weighted by Crippen LogP contribution is 2.47. The number of hydrogen-bond acceptors (Lipinski definition) is 4. The first-order valence-electron chi connectivity index (χ1n) is 9.29. The van der Waals surface area contributed by atoms with E-state index < -0.39 is 0 Å². The fourth-order valence-corrected chi connectivity index (χ4v) is 4.60. The van der Waals surface area contributed by atoms with Crippen molar-refractivity contribution >= 4 is 34.8 Å². The Balaban J connectivity index is 1.45. The van der Waals surface area contributed by atoms with Gasteiger partial charge in [-0.05, 0) is 49.9 Å². The molecule has 0 bridgehead atoms. The van der Waals surface area contributed by atoms with Gasteiger partial charge >= 0.3 is 0 Å². The number of benzene rings is 2. The van der Waals surface area contributed by atoms with E-state index in [1.165, 1.54) is 40.4 Å². The van der Waals surface area contributed by atoms with Gasteiger partial charge < -0.3 is 4.90 Å². The minimum absolute atomic E-state index is 0.0173. The molecule has 1 N–H and O–H groups in total. The van der Waals surface area contributed by atoms with Crippen LogP contribution in [0.2, 0.25) is 0 Å². The number of amides is 1. The average Bonchev–Trinajstić information content (AvgIpc) is 2.70. The molecule has 0 saturated heterocycles. The van der Waals surface area contributed by atoms with E-state index in [-0.39, 0.29) is 5.91 Å². The number of nitrogens with one attached hydrogen (secondary N) is 1. The second kappa shape index (κ2) is 7.96. The van der Waals surface area contributed by atoms with Crippen molar-refractivity contribution in [2.75, 3.05) is 11.4 Å². The number of hydrogen-bond donors (Lipinski definition) is 1. The van der Waals surface area contributed by atoms with E-state index in [0.717, 1.165) is 18.6 Å². The zero-order valence-electron chi connectivity index (χ0n) is 14.8. The smallest absolute Gasteiger partial charge is 0.241 e. The molecule has 4 rings (SSSR count). The highest BCUT2D eigenvalue weighted by molar-refractivity contribution is 7.99. The van der Waals surface area contributed by atoms with Crippen LogP contribution in [0.1, 0.15) is 38.5 Å². The van der Waals surface area contributed by atoms with Crippen LogP contribution in [0, 0.1) is 0 Å². The first kappa shape index (κ1) is 17.2. The Morgan fingerprint density at radius 1 is 0.962 bits per heavy atom. The van der Waals surface area contributed by atoms with Crippen molar-refractivity contribution in [3.05, 3.63) is 48.5 Å². The first-order valence-corrected chi connectivity index (χ1v) is 10.1. The van der Waals surface area contributed by atoms with Crippen LogP contribution < -0.4 is 10.3 Å². The number of carbonyl (C=O) groups excluding carboxylic acids is 1. The molecule has 0 unspecified atom stereocenters. The molecule has 2 aromatic carbocycles. The van der Waals surface area contributed by atoms with Crippen molar-refractivity contribution in [2.45, 2.75) is 48.3 Å². The van der Waals surface area contributed by atoms with Crippen LogP contribution in [-0.4, -0.2) is 18.2 Å². The van der Waals surface area contributed by atoms with Crippen molar-refractivity contribution in [1.29, 1.82) is 0 Å². The highest BCUT2D eigenvalue weighted by atomic mass is 32.2. The molecule has 4 nitrogen and oxygen atoms in total. The van der Waals surface area contributed by atoms with E-state index in [4.69, 9.17) is 0 Å². The zero-order valence-corrected chi connectivity index (χ0v) is 15.6. The van der Waals surface area contributed by atoms with Crippen molar-refractivity contribution in [3.63, 3.8) is 0 Å². The number of anilines is 2. The molecule has 1 fully saturated rings. The van der Waals surface area contributed by atoms with Gasteiger partial charge in [-0.15, -0.1) is 0 Å². The predicted molar refractivity (Wildman–Crippen MR) is 107 cm³/mol. The lowest BCUT2D eigenvalue weighted by Crippen LogP contribution is -2.28. The first-order chi connectivity index (χ1) is 12.8. The summed E-state index contributed by atoms with van der Waals surface area (Å²) in [6.07, 6.45) is 6.11. The second-order valence-corrected chi connectivity index (χ2v) is 7.80. The molecule has 0 spiro atoms. The normalized spacial score (nSPS) is 15.8. The van der Waals surface area contributed by atoms with E-state index in [9.17, 15) is 4.79 Å². The van der Waals surface area contributed by atoms with E-state index in [2.05, 4.69) is 64.0 Å². The molecule has 26 heavy (non-hydrogen) atoms. The summed E-state index contributed by atoms with van der Waals surface area (Å²) < 4.78 is 0. The maximum atomic E-state index is 12.3. The summed E-state index contributed by atoms with van der Waals surface area (Å²) in [5.74, 6) is -0.0173. The molecule has 0 atom stereocenters. The number of carbonyl (C=O) groups is 1. The molecule has 2 aromatic rings. The van der Waals surface area contributed by atoms with Crippen molar-refractivity contribution in [3.8, 4) is 0 Å². The van der Waals surface area contributed by atoms with Crippen LogP contribution in [0.3, 0.4) is 0 Å². The average molecular weight is 366 g/mol. The van der Waals surface area contributed by atoms with Crippen LogP contribution in [-0.2, 0) is 4.79 Å². The minimum atomic E-state index is -0.0173. The van der Waals surface area contributed by atoms with Gasteiger partial charge in [-0.2, -0.15) is 5.10 Å². The third-order valence-corrected chi connectivity index (χ3v) is 5.99. The van der Waals surface area contributed by atoms with Crippen molar-refractivity contribution in [2.24, 2.45) is 5.10 Å². The largest absolute Gasteiger partial charge is 0.339 e. The SMILES string of the molecule is O=C(CCN1c2ccccc2Sc2ccccc21)NN=C1CCCCC1. The number of nitrogens with zero attached hydrogens (tertiary/aromatic N) is 2. The molecule has 0 radical (unpaired) electrons. The van der Waals surface area contributed by atoms with Crippen LogP contribution in [0.5, 0.6) is 0 Å². The van der Waals surface area contributed by atoms with Gasteiger partial charge in [-0.1, -0.05) is 42.4 Å². The topological polar surface area (TPSA) is 44.7 Å². The molecule has 2 aliphatic rings. The van der Waals surface area contributed by atoms with Crippen LogP contribution in [0.4, 0.5) is 11.4 Å². The number of para-hydroxylation sites is 2. The van der Waals surface area contributed by atoms with Gasteiger partial charge in [0.05, 0.1) is 11.4 Å². The highest BCUT2D eigenvalue weighted by Gasteiger charge is 2.23. The monoisotopic (exact) mass is 365 g/mol. The molecule has 1 heterocycles. The Morgan fingerprint density at radius 2 is 1.58 bits per heavy atom. The predicted octanol–water partition coefficient (Wildman–Crippen LogP) is 5.12. The quantitative estimate of drug-likeness (QED) is 0.765. The van der Waals surface area contributed by atoms with Gasteiger partial charge in [0.15, 0.2) is 0 Å². The van der Waals surface area contributed by atoms with Crippen LogP contribution >= 0.6 is 11.8 Å². The molecule has 0 aromatic heterocycles. The molecule has 1 amide bonds. The van der Waals surface area contributed by atoms with Crippen molar-refractivity contribution in [1.82, 2.24) is 5.43 Å². The van der Waals surface area contributed by atoms with Crippen LogP contribution in [0.15, 0.2) is 63.4 Å². The molecule has 1 saturated carbocycles. The molecule has 1 aliphatic heterocycles. The van der Waals surface area contributed by atoms with Gasteiger partial charge in [0.1, 0.15) is 0 Å². The number of hydrazone groups is 1. The Labute approximate surface area is 158 Å². The van der Waals surface area contributed by atoms with E-state index in [1.807, 2.05) is 0 Å². The Bertz CT molecular complexity index is 780. The fourth-order valence-electron chi connectivity index (χ4n) is 3.50. The summed E-state index contributed by atoms with van der Waals surface area (Å²) >= 11 is 1.79. The summed E-state index contributed by atoms with van der Waals surface area (Å²) in [4.78, 5) is 17.0. The lowest BCUT2D eigenvalue weighted by atomic mass is 9.99. The summed E-state index contributed by atoms with van der Waals surface area (Å²) in [6, 6.07) is 16.7. The Kier molecular flexibility index (Phi) is 5.25. The van der Waals surface area contributed by atoms with E-state index in [0.29, 0.717) is 13.0 Å². The molecular formula is C21H23N3OS. The van der Waals surface area contributed by atoms with Gasteiger partial charge in [0, 0.05) is 28.5 Å². The third-order valence-electron chi connectivity index (χ3n) is 4.86. The minimum Gasteiger partial charge on any atom is -0.339 e. The fraction of sp³-hybridized carbons (Fsp3) is 0.333. The Hall–Kier alpha value is -2.27. The van der Waals surface area contributed by atoms with E-state index in [1.54, 1.807) is 11.8 Å². The van der Waals surface area contributed by atoms with Crippen LogP contribution in [0.25, 0.3) is 0 Å². The summed E-state index contributed by atoms with van der Waals surface area (Å²) in [7, 11) is 0. The van der Waals surface area contributed by atoms with Gasteiger partial charge in [-0.3, -0.25) is 4.79 Å². The summed E-state index contributed by atoms with van der Waals surface area (Å²) in [5.41, 5.74) is 6.23. The number of rotatable bonds is 4. The standard InChI is InChI=1S/C21H23N3OS/c25-21(23-22-16-8-2-1-3-9-16)14-15-24-17-10-4-6-12-19(17)26-20-13-7-5-11-18(20)24/h4-7,10-13H,1-3,8-9,14-15H2,(H,23,25). The Morgan fingerprint density at radius 3 is 2.23 bits per heavy atom. The third kappa shape index (κ3) is 3.78. The summed E-state index contributed by atoms with van der Waals surface area (Å²) in [5, 5.41) is 4.33. The molecule has 134 valence electrons. The molecule has 1 aliphatic carbocycles. The second-order valence-electron chi connectivity index (χ2n) is 6.71. The van der Waals surface area contributed by atoms with Gasteiger partial charge in [0.25, 0.3) is 0 Å². The molecule has 5 heteroatoms. The van der Waals surface area contributed by atoms with Gasteiger partial charge in [0.2, 0.25) is 5.91 Å². The summed E-state index contributed by atoms with van der Waals surface area (Å²) in [6.45, 7) is 0.644. The lowest BCUT2D eigenvalue weighted by Gasteiger charge is -2.32. The van der Waals surface area contributed by atoms with Crippen molar-refractivity contribution < 1.29 is 4.79 Å². The maximum absolute atomic E-state index is 12.3. The lowest BCUT2D eigenvalue weighted by molar-refractivity contribution is -0.120.